The number of nitrogens with zero attached hydrogens (tertiary/aromatic N) is 3. The molecule has 1 unspecified atom stereocenters. The Balaban J connectivity index is 1.53. The van der Waals surface area contributed by atoms with Crippen molar-refractivity contribution in [3.05, 3.63) is 67.5 Å². The molecular formula is C21H19IN4O6. The van der Waals surface area contributed by atoms with E-state index in [2.05, 4.69) is 15.3 Å². The van der Waals surface area contributed by atoms with E-state index < -0.39 is 4.92 Å². The fourth-order valence-electron chi connectivity index (χ4n) is 3.21. The monoisotopic (exact) mass is 550 g/mol. The summed E-state index contributed by atoms with van der Waals surface area (Å²) >= 11 is 1.99. The number of anilines is 1. The van der Waals surface area contributed by atoms with E-state index >= 15 is 0 Å². The van der Waals surface area contributed by atoms with Crippen LogP contribution in [-0.4, -0.2) is 35.7 Å². The predicted molar refractivity (Wildman–Crippen MR) is 124 cm³/mol. The first-order valence-electron chi connectivity index (χ1n) is 9.52. The van der Waals surface area contributed by atoms with Crippen LogP contribution in [0.4, 0.5) is 11.5 Å². The number of halogens is 1. The maximum absolute atomic E-state index is 11.3. The molecule has 0 fully saturated rings. The third-order valence-corrected chi connectivity index (χ3v) is 5.37. The van der Waals surface area contributed by atoms with Gasteiger partial charge in [0, 0.05) is 40.2 Å². The molecule has 3 aromatic rings. The van der Waals surface area contributed by atoms with Gasteiger partial charge in [-0.1, -0.05) is 0 Å². The Hall–Kier alpha value is -3.35. The summed E-state index contributed by atoms with van der Waals surface area (Å²) in [5, 5.41) is 14.3. The molecule has 0 aliphatic carbocycles. The molecule has 0 saturated carbocycles. The van der Waals surface area contributed by atoms with Crippen molar-refractivity contribution < 1.29 is 23.9 Å². The van der Waals surface area contributed by atoms with Gasteiger partial charge in [0.15, 0.2) is 17.6 Å². The normalized spacial score (nSPS) is 14.5. The Kier molecular flexibility index (Phi) is 6.44. The number of rotatable bonds is 7. The summed E-state index contributed by atoms with van der Waals surface area (Å²) in [6.07, 6.45) is 2.90. The average Bonchev–Trinajstić information content (AvgIpc) is 2.82. The van der Waals surface area contributed by atoms with Crippen molar-refractivity contribution in [3.8, 4) is 23.1 Å². The first-order valence-corrected chi connectivity index (χ1v) is 10.6. The van der Waals surface area contributed by atoms with Gasteiger partial charge in [-0.15, -0.1) is 0 Å². The second-order valence-electron chi connectivity index (χ2n) is 6.81. The summed E-state index contributed by atoms with van der Waals surface area (Å²) in [6.45, 7) is 0.582. The quantitative estimate of drug-likeness (QED) is 0.263. The van der Waals surface area contributed by atoms with Crippen LogP contribution >= 0.6 is 22.6 Å². The van der Waals surface area contributed by atoms with Gasteiger partial charge in [0.05, 0.1) is 19.1 Å². The number of nitrogens with one attached hydrogen (secondary N) is 1. The molecule has 0 bridgehead atoms. The average molecular weight is 550 g/mol. The highest BCUT2D eigenvalue weighted by atomic mass is 127. The maximum Gasteiger partial charge on any atom is 0.312 e. The summed E-state index contributed by atoms with van der Waals surface area (Å²) in [5.74, 6) is 2.22. The molecular weight excluding hydrogens is 531 g/mol. The molecule has 10 nitrogen and oxygen atoms in total. The van der Waals surface area contributed by atoms with E-state index in [9.17, 15) is 10.1 Å². The minimum absolute atomic E-state index is 0.0858. The van der Waals surface area contributed by atoms with Crippen LogP contribution in [0.15, 0.2) is 42.7 Å². The van der Waals surface area contributed by atoms with Crippen LogP contribution in [-0.2, 0) is 6.54 Å². The van der Waals surface area contributed by atoms with Crippen molar-refractivity contribution in [1.82, 2.24) is 9.97 Å². The van der Waals surface area contributed by atoms with Gasteiger partial charge in [0.25, 0.3) is 0 Å². The van der Waals surface area contributed by atoms with Gasteiger partial charge in [-0.25, -0.2) is 9.97 Å². The zero-order valence-corrected chi connectivity index (χ0v) is 19.4. The minimum atomic E-state index is -0.462. The van der Waals surface area contributed by atoms with Gasteiger partial charge in [-0.05, 0) is 46.4 Å². The molecule has 0 amide bonds. The van der Waals surface area contributed by atoms with Gasteiger partial charge in [0.2, 0.25) is 17.4 Å². The molecule has 3 heterocycles. The number of hydrogen-bond acceptors (Lipinski definition) is 9. The standard InChI is InChI=1S/C21H19IN4O6/c1-29-16-5-12(8-24-21-15(26(27)28)7-14(22)10-25-21)6-17-20(16)32-18(11-31-17)13-3-4-19(30-2)23-9-13/h3-7,9-10,18H,8,11H2,1-2H3,(H,24,25). The highest BCUT2D eigenvalue weighted by Crippen LogP contribution is 2.44. The molecule has 0 spiro atoms. The summed E-state index contributed by atoms with van der Waals surface area (Å²) in [5.41, 5.74) is 1.56. The number of ether oxygens (including phenoxy) is 4. The van der Waals surface area contributed by atoms with E-state index in [1.807, 2.05) is 34.7 Å². The van der Waals surface area contributed by atoms with Crippen LogP contribution in [0.1, 0.15) is 17.2 Å². The van der Waals surface area contributed by atoms with E-state index in [1.165, 1.54) is 6.07 Å². The van der Waals surface area contributed by atoms with E-state index in [0.29, 0.717) is 33.3 Å². The van der Waals surface area contributed by atoms with E-state index in [4.69, 9.17) is 18.9 Å². The molecule has 1 atom stereocenters. The largest absolute Gasteiger partial charge is 0.493 e. The van der Waals surface area contributed by atoms with Gasteiger partial charge in [0.1, 0.15) is 6.61 Å². The highest BCUT2D eigenvalue weighted by Gasteiger charge is 2.27. The summed E-state index contributed by atoms with van der Waals surface area (Å²) in [4.78, 5) is 19.2. The zero-order chi connectivity index (χ0) is 22.7. The molecule has 1 aromatic carbocycles. The van der Waals surface area contributed by atoms with Gasteiger partial charge in [-0.3, -0.25) is 10.1 Å². The Labute approximate surface area is 197 Å². The second kappa shape index (κ2) is 9.42. The molecule has 32 heavy (non-hydrogen) atoms. The van der Waals surface area contributed by atoms with Gasteiger partial charge < -0.3 is 24.3 Å². The Morgan fingerprint density at radius 2 is 2.06 bits per heavy atom. The SMILES string of the molecule is COc1ccc(C2COc3cc(CNc4ncc(I)cc4[N+](=O)[O-])cc(OC)c3O2)cn1. The van der Waals surface area contributed by atoms with Crippen molar-refractivity contribution in [3.63, 3.8) is 0 Å². The topological polar surface area (TPSA) is 118 Å². The van der Waals surface area contributed by atoms with E-state index in [0.717, 1.165) is 11.1 Å². The molecule has 4 rings (SSSR count). The molecule has 166 valence electrons. The van der Waals surface area contributed by atoms with Crippen LogP contribution in [0.5, 0.6) is 23.1 Å². The Bertz CT molecular complexity index is 1120. The Morgan fingerprint density at radius 3 is 2.75 bits per heavy atom. The van der Waals surface area contributed by atoms with Gasteiger partial charge in [-0.2, -0.15) is 0 Å². The predicted octanol–water partition coefficient (Wildman–Crippen LogP) is 4.13. The smallest absolute Gasteiger partial charge is 0.312 e. The minimum Gasteiger partial charge on any atom is -0.493 e. The molecule has 0 saturated heterocycles. The third kappa shape index (κ3) is 4.61. The number of hydrogen-bond donors (Lipinski definition) is 1. The number of fused-ring (bicyclic) bond motifs is 1. The summed E-state index contributed by atoms with van der Waals surface area (Å²) in [6, 6.07) is 8.71. The third-order valence-electron chi connectivity index (χ3n) is 4.78. The molecule has 2 aromatic heterocycles. The molecule has 11 heteroatoms. The lowest BCUT2D eigenvalue weighted by molar-refractivity contribution is -0.384. The summed E-state index contributed by atoms with van der Waals surface area (Å²) in [7, 11) is 3.10. The van der Waals surface area contributed by atoms with Crippen molar-refractivity contribution >= 4 is 34.1 Å². The number of aromatic nitrogens is 2. The number of methoxy groups -OCH3 is 2. The lowest BCUT2D eigenvalue weighted by Crippen LogP contribution is -2.22. The van der Waals surface area contributed by atoms with Crippen molar-refractivity contribution in [1.29, 1.82) is 0 Å². The molecule has 0 radical (unpaired) electrons. The van der Waals surface area contributed by atoms with E-state index in [-0.39, 0.29) is 24.2 Å². The van der Waals surface area contributed by atoms with Gasteiger partial charge >= 0.3 is 5.69 Å². The maximum atomic E-state index is 11.3. The first-order chi connectivity index (χ1) is 15.5. The molecule has 1 N–H and O–H groups in total. The fraction of sp³-hybridized carbons (Fsp3) is 0.238. The van der Waals surface area contributed by atoms with Crippen molar-refractivity contribution in [2.45, 2.75) is 12.6 Å². The highest BCUT2D eigenvalue weighted by molar-refractivity contribution is 14.1. The number of nitro groups is 1. The second-order valence-corrected chi connectivity index (χ2v) is 8.05. The summed E-state index contributed by atoms with van der Waals surface area (Å²) < 4.78 is 23.4. The van der Waals surface area contributed by atoms with Crippen LogP contribution in [0.25, 0.3) is 0 Å². The van der Waals surface area contributed by atoms with E-state index in [1.54, 1.807) is 38.7 Å². The fourth-order valence-corrected chi connectivity index (χ4v) is 3.64. The number of benzene rings is 1. The van der Waals surface area contributed by atoms with Crippen LogP contribution < -0.4 is 24.3 Å². The van der Waals surface area contributed by atoms with Crippen LogP contribution in [0, 0.1) is 13.7 Å². The van der Waals surface area contributed by atoms with Crippen LogP contribution in [0.2, 0.25) is 0 Å². The molecule has 1 aliphatic heterocycles. The van der Waals surface area contributed by atoms with Crippen LogP contribution in [0.3, 0.4) is 0 Å². The molecule has 1 aliphatic rings. The zero-order valence-electron chi connectivity index (χ0n) is 17.2. The Morgan fingerprint density at radius 1 is 1.22 bits per heavy atom. The lowest BCUT2D eigenvalue weighted by atomic mass is 10.1. The lowest BCUT2D eigenvalue weighted by Gasteiger charge is -2.28. The number of pyridine rings is 2. The van der Waals surface area contributed by atoms with Crippen molar-refractivity contribution in [2.24, 2.45) is 0 Å². The van der Waals surface area contributed by atoms with Crippen molar-refractivity contribution in [2.75, 3.05) is 26.1 Å². The first kappa shape index (κ1) is 21.9.